The number of likely N-dealkylation sites (N-methyl/N-ethyl adjacent to an activating group) is 1. The second kappa shape index (κ2) is 6.26. The number of hydrogen-bond acceptors (Lipinski definition) is 5. The number of carbonyl (C=O) groups excluding carboxylic acids is 1. The van der Waals surface area contributed by atoms with Gasteiger partial charge in [-0.15, -0.1) is 11.3 Å². The smallest absolute Gasteiger partial charge is 0.223 e. The SMILES string of the molecule is CN1C(=O)C[C@H](c2ccncc2)C12CCN(Cc1nccs1)CC2. The lowest BCUT2D eigenvalue weighted by atomic mass is 9.74. The number of piperidine rings is 1. The van der Waals surface area contributed by atoms with Gasteiger partial charge in [-0.25, -0.2) is 4.98 Å². The fourth-order valence-electron chi connectivity index (χ4n) is 4.31. The minimum atomic E-state index is -0.0438. The molecule has 6 heteroatoms. The summed E-state index contributed by atoms with van der Waals surface area (Å²) in [6.45, 7) is 2.95. The summed E-state index contributed by atoms with van der Waals surface area (Å²) in [4.78, 5) is 25.5. The molecular formula is C18H22N4OS. The lowest BCUT2D eigenvalue weighted by molar-refractivity contribution is -0.130. The standard InChI is InChI=1S/C18H22N4OS/c1-21-17(23)12-15(14-2-6-19-7-3-14)18(21)4-9-22(10-5-18)13-16-20-8-11-24-16/h2-3,6-8,11,15H,4-5,9-10,12-13H2,1H3/t15-/m1/s1. The summed E-state index contributed by atoms with van der Waals surface area (Å²) >= 11 is 1.71. The monoisotopic (exact) mass is 342 g/mol. The molecule has 4 rings (SSSR count). The van der Waals surface area contributed by atoms with Gasteiger partial charge >= 0.3 is 0 Å². The van der Waals surface area contributed by atoms with Crippen LogP contribution in [0.2, 0.25) is 0 Å². The van der Waals surface area contributed by atoms with E-state index in [4.69, 9.17) is 0 Å². The molecule has 0 aromatic carbocycles. The largest absolute Gasteiger partial charge is 0.339 e. The Hall–Kier alpha value is -1.79. The fraction of sp³-hybridized carbons (Fsp3) is 0.500. The van der Waals surface area contributed by atoms with Crippen molar-refractivity contribution in [2.75, 3.05) is 20.1 Å². The van der Waals surface area contributed by atoms with Crippen molar-refractivity contribution >= 4 is 17.2 Å². The van der Waals surface area contributed by atoms with Gasteiger partial charge in [0.2, 0.25) is 5.91 Å². The first-order valence-electron chi connectivity index (χ1n) is 8.46. The summed E-state index contributed by atoms with van der Waals surface area (Å²) in [5, 5.41) is 3.21. The molecule has 0 saturated carbocycles. The topological polar surface area (TPSA) is 49.3 Å². The highest BCUT2D eigenvalue weighted by atomic mass is 32.1. The Labute approximate surface area is 146 Å². The highest BCUT2D eigenvalue weighted by Gasteiger charge is 2.52. The molecular weight excluding hydrogens is 320 g/mol. The number of amides is 1. The van der Waals surface area contributed by atoms with Crippen LogP contribution in [-0.2, 0) is 11.3 Å². The Bertz CT molecular complexity index is 695. The van der Waals surface area contributed by atoms with Crippen LogP contribution in [0, 0.1) is 0 Å². The van der Waals surface area contributed by atoms with Gasteiger partial charge in [-0.05, 0) is 30.5 Å². The Morgan fingerprint density at radius 1 is 1.25 bits per heavy atom. The van der Waals surface area contributed by atoms with E-state index in [0.29, 0.717) is 6.42 Å². The van der Waals surface area contributed by atoms with E-state index in [2.05, 4.69) is 27.0 Å². The maximum Gasteiger partial charge on any atom is 0.223 e. The summed E-state index contributed by atoms with van der Waals surface area (Å²) < 4.78 is 0. The molecule has 0 radical (unpaired) electrons. The molecule has 2 fully saturated rings. The molecule has 4 heterocycles. The first kappa shape index (κ1) is 15.7. The molecule has 2 saturated heterocycles. The molecule has 1 spiro atoms. The molecule has 0 bridgehead atoms. The fourth-order valence-corrected chi connectivity index (χ4v) is 4.97. The first-order valence-corrected chi connectivity index (χ1v) is 9.34. The van der Waals surface area contributed by atoms with Crippen LogP contribution in [0.4, 0.5) is 0 Å². The Morgan fingerprint density at radius 3 is 2.67 bits per heavy atom. The second-order valence-electron chi connectivity index (χ2n) is 6.80. The van der Waals surface area contributed by atoms with E-state index in [1.165, 1.54) is 10.6 Å². The van der Waals surface area contributed by atoms with E-state index in [-0.39, 0.29) is 17.4 Å². The molecule has 24 heavy (non-hydrogen) atoms. The molecule has 2 aromatic rings. The van der Waals surface area contributed by atoms with Crippen molar-refractivity contribution < 1.29 is 4.79 Å². The number of nitrogens with zero attached hydrogens (tertiary/aromatic N) is 4. The van der Waals surface area contributed by atoms with Crippen LogP contribution in [0.15, 0.2) is 36.1 Å². The number of likely N-dealkylation sites (tertiary alicyclic amines) is 2. The van der Waals surface area contributed by atoms with E-state index in [1.807, 2.05) is 35.9 Å². The molecule has 2 aliphatic rings. The number of pyridine rings is 1. The maximum absolute atomic E-state index is 12.5. The van der Waals surface area contributed by atoms with Gasteiger partial charge in [0.15, 0.2) is 0 Å². The Morgan fingerprint density at radius 2 is 2.00 bits per heavy atom. The van der Waals surface area contributed by atoms with Crippen LogP contribution in [0.3, 0.4) is 0 Å². The van der Waals surface area contributed by atoms with Gasteiger partial charge in [0.25, 0.3) is 0 Å². The zero-order valence-corrected chi connectivity index (χ0v) is 14.7. The van der Waals surface area contributed by atoms with E-state index >= 15 is 0 Å². The van der Waals surface area contributed by atoms with Crippen molar-refractivity contribution in [1.29, 1.82) is 0 Å². The van der Waals surface area contributed by atoms with E-state index < -0.39 is 0 Å². The molecule has 1 amide bonds. The van der Waals surface area contributed by atoms with Crippen LogP contribution in [0.25, 0.3) is 0 Å². The summed E-state index contributed by atoms with van der Waals surface area (Å²) in [5.41, 5.74) is 1.20. The first-order chi connectivity index (χ1) is 11.7. The lowest BCUT2D eigenvalue weighted by Gasteiger charge is -2.46. The zero-order chi connectivity index (χ0) is 16.6. The molecule has 1 atom stereocenters. The van der Waals surface area contributed by atoms with E-state index in [0.717, 1.165) is 32.5 Å². The van der Waals surface area contributed by atoms with Crippen molar-refractivity contribution in [2.24, 2.45) is 0 Å². The molecule has 126 valence electrons. The highest BCUT2D eigenvalue weighted by molar-refractivity contribution is 7.09. The van der Waals surface area contributed by atoms with Gasteiger partial charge in [-0.3, -0.25) is 14.7 Å². The average molecular weight is 342 g/mol. The van der Waals surface area contributed by atoms with E-state index in [9.17, 15) is 4.79 Å². The molecule has 0 unspecified atom stereocenters. The van der Waals surface area contributed by atoms with E-state index in [1.54, 1.807) is 11.3 Å². The van der Waals surface area contributed by atoms with Gasteiger partial charge in [0.05, 0.1) is 12.1 Å². The van der Waals surface area contributed by atoms with Crippen molar-refractivity contribution in [2.45, 2.75) is 37.3 Å². The third kappa shape index (κ3) is 2.63. The Balaban J connectivity index is 1.53. The number of thiazole rings is 1. The summed E-state index contributed by atoms with van der Waals surface area (Å²) in [5.74, 6) is 0.546. The average Bonchev–Trinajstić information content (AvgIpc) is 3.21. The normalized spacial score (nSPS) is 24.0. The lowest BCUT2D eigenvalue weighted by Crippen LogP contribution is -2.53. The van der Waals surface area contributed by atoms with Crippen molar-refractivity contribution in [3.05, 3.63) is 46.7 Å². The van der Waals surface area contributed by atoms with Gasteiger partial charge < -0.3 is 4.90 Å². The Kier molecular flexibility index (Phi) is 4.10. The molecule has 5 nitrogen and oxygen atoms in total. The molecule has 0 aliphatic carbocycles. The molecule has 2 aromatic heterocycles. The van der Waals surface area contributed by atoms with Crippen molar-refractivity contribution in [3.8, 4) is 0 Å². The predicted octanol–water partition coefficient (Wildman–Crippen LogP) is 2.52. The predicted molar refractivity (Wildman–Crippen MR) is 93.7 cm³/mol. The van der Waals surface area contributed by atoms with Gasteiger partial charge in [-0.2, -0.15) is 0 Å². The van der Waals surface area contributed by atoms with Crippen LogP contribution in [0.1, 0.15) is 35.8 Å². The van der Waals surface area contributed by atoms with Crippen LogP contribution in [-0.4, -0.2) is 51.4 Å². The van der Waals surface area contributed by atoms with Crippen molar-refractivity contribution in [1.82, 2.24) is 19.8 Å². The third-order valence-electron chi connectivity index (χ3n) is 5.74. The van der Waals surface area contributed by atoms with Crippen LogP contribution < -0.4 is 0 Å². The second-order valence-corrected chi connectivity index (χ2v) is 7.77. The minimum Gasteiger partial charge on any atom is -0.339 e. The van der Waals surface area contributed by atoms with Crippen LogP contribution in [0.5, 0.6) is 0 Å². The number of carbonyl (C=O) groups is 1. The highest BCUT2D eigenvalue weighted by Crippen LogP contribution is 2.48. The third-order valence-corrected chi connectivity index (χ3v) is 6.51. The summed E-state index contributed by atoms with van der Waals surface area (Å²) in [7, 11) is 1.99. The van der Waals surface area contributed by atoms with Gasteiger partial charge in [0.1, 0.15) is 5.01 Å². The number of aromatic nitrogens is 2. The summed E-state index contributed by atoms with van der Waals surface area (Å²) in [6, 6.07) is 4.14. The number of rotatable bonds is 3. The van der Waals surface area contributed by atoms with Gasteiger partial charge in [0, 0.05) is 56.4 Å². The van der Waals surface area contributed by atoms with Crippen molar-refractivity contribution in [3.63, 3.8) is 0 Å². The summed E-state index contributed by atoms with van der Waals surface area (Å²) in [6.07, 6.45) is 8.20. The van der Waals surface area contributed by atoms with Crippen LogP contribution >= 0.6 is 11.3 Å². The molecule has 0 N–H and O–H groups in total. The minimum absolute atomic E-state index is 0.0438. The number of hydrogen-bond donors (Lipinski definition) is 0. The zero-order valence-electron chi connectivity index (χ0n) is 13.9. The molecule has 2 aliphatic heterocycles. The quantitative estimate of drug-likeness (QED) is 0.860. The maximum atomic E-state index is 12.5. The van der Waals surface area contributed by atoms with Gasteiger partial charge in [-0.1, -0.05) is 0 Å².